The van der Waals surface area contributed by atoms with Crippen molar-refractivity contribution in [2.45, 2.75) is 19.5 Å². The van der Waals surface area contributed by atoms with Crippen molar-refractivity contribution in [1.82, 2.24) is 14.9 Å². The van der Waals surface area contributed by atoms with E-state index >= 15 is 0 Å². The fourth-order valence-electron chi connectivity index (χ4n) is 3.56. The first-order valence-corrected chi connectivity index (χ1v) is 9.47. The number of ether oxygens (including phenoxy) is 1. The summed E-state index contributed by atoms with van der Waals surface area (Å²) in [4.78, 5) is 23.1. The van der Waals surface area contributed by atoms with Gasteiger partial charge in [-0.2, -0.15) is 0 Å². The fraction of sp³-hybridized carbons (Fsp3) is 0.227. The number of nitrogens with zero attached hydrogens (tertiary/aromatic N) is 3. The quantitative estimate of drug-likeness (QED) is 0.697. The first kappa shape index (κ1) is 18.9. The van der Waals surface area contributed by atoms with Gasteiger partial charge in [-0.15, -0.1) is 0 Å². The Labute approximate surface area is 169 Å². The zero-order valence-electron chi connectivity index (χ0n) is 16.3. The van der Waals surface area contributed by atoms with Crippen LogP contribution in [0.2, 0.25) is 0 Å². The molecule has 1 amide bonds. The molecule has 0 unspecified atom stereocenters. The number of amides is 1. The van der Waals surface area contributed by atoms with E-state index in [4.69, 9.17) is 10.5 Å². The maximum atomic E-state index is 12.7. The predicted molar refractivity (Wildman–Crippen MR) is 112 cm³/mol. The van der Waals surface area contributed by atoms with E-state index in [9.17, 15) is 4.79 Å². The number of benzene rings is 2. The van der Waals surface area contributed by atoms with Gasteiger partial charge >= 0.3 is 0 Å². The van der Waals surface area contributed by atoms with Crippen LogP contribution >= 0.6 is 0 Å². The van der Waals surface area contributed by atoms with Crippen molar-refractivity contribution in [3.05, 3.63) is 77.1 Å². The molecular weight excluding hydrogens is 366 g/mol. The molecule has 1 aromatic heterocycles. The van der Waals surface area contributed by atoms with Crippen LogP contribution in [-0.2, 0) is 19.5 Å². The molecule has 3 N–H and O–H groups in total. The summed E-state index contributed by atoms with van der Waals surface area (Å²) in [7, 11) is 1.56. The second-order valence-corrected chi connectivity index (χ2v) is 7.05. The summed E-state index contributed by atoms with van der Waals surface area (Å²) in [5.74, 6) is 0.655. The number of hydrogen-bond donors (Lipinski definition) is 2. The minimum atomic E-state index is -0.186. The Bertz CT molecular complexity index is 1020. The summed E-state index contributed by atoms with van der Waals surface area (Å²) in [6, 6.07) is 13.3. The summed E-state index contributed by atoms with van der Waals surface area (Å²) in [5, 5.41) is 2.98. The van der Waals surface area contributed by atoms with E-state index < -0.39 is 0 Å². The zero-order valence-corrected chi connectivity index (χ0v) is 16.3. The number of aromatic nitrogens is 2. The number of nitrogen functional groups attached to an aromatic ring is 1. The van der Waals surface area contributed by atoms with Crippen LogP contribution in [0.5, 0.6) is 5.75 Å². The number of rotatable bonds is 5. The van der Waals surface area contributed by atoms with Gasteiger partial charge in [0.2, 0.25) is 5.95 Å². The van der Waals surface area contributed by atoms with E-state index in [0.717, 1.165) is 37.3 Å². The molecule has 0 bridgehead atoms. The minimum Gasteiger partial charge on any atom is -0.496 e. The molecule has 3 aromatic rings. The smallest absolute Gasteiger partial charge is 0.259 e. The van der Waals surface area contributed by atoms with Gasteiger partial charge in [0, 0.05) is 43.3 Å². The Kier molecular flexibility index (Phi) is 5.39. The lowest BCUT2D eigenvalue weighted by Crippen LogP contribution is -2.30. The molecule has 0 saturated heterocycles. The van der Waals surface area contributed by atoms with Crippen molar-refractivity contribution in [1.29, 1.82) is 0 Å². The second kappa shape index (κ2) is 8.28. The third kappa shape index (κ3) is 4.35. The number of para-hydroxylation sites is 1. The molecule has 148 valence electrons. The molecule has 1 aliphatic rings. The van der Waals surface area contributed by atoms with E-state index in [2.05, 4.69) is 26.3 Å². The first-order chi connectivity index (χ1) is 14.1. The van der Waals surface area contributed by atoms with Crippen molar-refractivity contribution in [2.75, 3.05) is 24.7 Å². The molecule has 0 radical (unpaired) electrons. The maximum Gasteiger partial charge on any atom is 0.259 e. The molecule has 7 heteroatoms. The van der Waals surface area contributed by atoms with Gasteiger partial charge < -0.3 is 15.8 Å². The van der Waals surface area contributed by atoms with E-state index in [0.29, 0.717) is 11.3 Å². The molecule has 0 spiro atoms. The van der Waals surface area contributed by atoms with Crippen LogP contribution < -0.4 is 15.8 Å². The van der Waals surface area contributed by atoms with Gasteiger partial charge in [-0.25, -0.2) is 9.97 Å². The van der Waals surface area contributed by atoms with Crippen LogP contribution in [0, 0.1) is 0 Å². The van der Waals surface area contributed by atoms with E-state index in [1.165, 1.54) is 11.1 Å². The van der Waals surface area contributed by atoms with Crippen LogP contribution in [0.15, 0.2) is 54.9 Å². The highest BCUT2D eigenvalue weighted by Gasteiger charge is 2.18. The average Bonchev–Trinajstić information content (AvgIpc) is 2.75. The zero-order chi connectivity index (χ0) is 20.2. The van der Waals surface area contributed by atoms with E-state index in [-0.39, 0.29) is 11.9 Å². The lowest BCUT2D eigenvalue weighted by atomic mass is 9.98. The molecular formula is C22H23N5O2. The lowest BCUT2D eigenvalue weighted by molar-refractivity contribution is 0.102. The van der Waals surface area contributed by atoms with Gasteiger partial charge in [-0.1, -0.05) is 18.2 Å². The molecule has 2 heterocycles. The Morgan fingerprint density at radius 3 is 2.76 bits per heavy atom. The van der Waals surface area contributed by atoms with E-state index in [1.54, 1.807) is 31.6 Å². The van der Waals surface area contributed by atoms with Crippen LogP contribution in [0.25, 0.3) is 0 Å². The fourth-order valence-corrected chi connectivity index (χ4v) is 3.56. The Balaban J connectivity index is 1.47. The molecule has 2 aromatic carbocycles. The van der Waals surface area contributed by atoms with Gasteiger partial charge in [0.05, 0.1) is 12.7 Å². The number of anilines is 2. The molecule has 7 nitrogen and oxygen atoms in total. The first-order valence-electron chi connectivity index (χ1n) is 9.47. The molecule has 0 aliphatic carbocycles. The Hall–Kier alpha value is -3.45. The van der Waals surface area contributed by atoms with Gasteiger partial charge in [0.1, 0.15) is 5.75 Å². The molecule has 0 atom stereocenters. The highest BCUT2D eigenvalue weighted by Crippen LogP contribution is 2.25. The van der Waals surface area contributed by atoms with Crippen LogP contribution in [0.1, 0.15) is 27.0 Å². The number of carbonyl (C=O) groups is 1. The number of nitrogens with two attached hydrogens (primary N) is 1. The summed E-state index contributed by atoms with van der Waals surface area (Å²) in [6.45, 7) is 2.53. The highest BCUT2D eigenvalue weighted by molar-refractivity contribution is 6.06. The Morgan fingerprint density at radius 1 is 1.17 bits per heavy atom. The SMILES string of the molecule is COc1ccccc1C(=O)Nc1ccc2c(c1)CN(Cc1cnc(N)nc1)CC2. The third-order valence-corrected chi connectivity index (χ3v) is 5.04. The number of hydrogen-bond acceptors (Lipinski definition) is 6. The van der Waals surface area contributed by atoms with Crippen molar-refractivity contribution in [3.63, 3.8) is 0 Å². The molecule has 1 aliphatic heterocycles. The second-order valence-electron chi connectivity index (χ2n) is 7.05. The van der Waals surface area contributed by atoms with Crippen LogP contribution in [0.4, 0.5) is 11.6 Å². The molecule has 29 heavy (non-hydrogen) atoms. The minimum absolute atomic E-state index is 0.186. The van der Waals surface area contributed by atoms with Crippen molar-refractivity contribution in [2.24, 2.45) is 0 Å². The summed E-state index contributed by atoms with van der Waals surface area (Å²) < 4.78 is 5.29. The van der Waals surface area contributed by atoms with Gasteiger partial charge in [-0.05, 0) is 41.8 Å². The summed E-state index contributed by atoms with van der Waals surface area (Å²) >= 11 is 0. The maximum absolute atomic E-state index is 12.7. The number of nitrogens with one attached hydrogen (secondary N) is 1. The van der Waals surface area contributed by atoms with E-state index in [1.807, 2.05) is 24.3 Å². The van der Waals surface area contributed by atoms with Crippen LogP contribution in [0.3, 0.4) is 0 Å². The topological polar surface area (TPSA) is 93.4 Å². The van der Waals surface area contributed by atoms with Crippen molar-refractivity contribution >= 4 is 17.5 Å². The van der Waals surface area contributed by atoms with Gasteiger partial charge in [0.25, 0.3) is 5.91 Å². The highest BCUT2D eigenvalue weighted by atomic mass is 16.5. The Morgan fingerprint density at radius 2 is 1.97 bits per heavy atom. The monoisotopic (exact) mass is 389 g/mol. The molecule has 0 fully saturated rings. The number of fused-ring (bicyclic) bond motifs is 1. The number of carbonyl (C=O) groups excluding carboxylic acids is 1. The number of methoxy groups -OCH3 is 1. The lowest BCUT2D eigenvalue weighted by Gasteiger charge is -2.29. The normalized spacial score (nSPS) is 13.6. The predicted octanol–water partition coefficient (Wildman–Crippen LogP) is 2.88. The van der Waals surface area contributed by atoms with Gasteiger partial charge in [-0.3, -0.25) is 9.69 Å². The van der Waals surface area contributed by atoms with Crippen molar-refractivity contribution < 1.29 is 9.53 Å². The van der Waals surface area contributed by atoms with Crippen molar-refractivity contribution in [3.8, 4) is 5.75 Å². The summed E-state index contributed by atoms with van der Waals surface area (Å²) in [5.41, 5.74) is 10.4. The standard InChI is InChI=1S/C22H23N5O2/c1-29-20-5-3-2-4-19(20)21(28)26-18-7-6-16-8-9-27(14-17(16)10-18)13-15-11-24-22(23)25-12-15/h2-7,10-12H,8-9,13-14H2,1H3,(H,26,28)(H2,23,24,25). The van der Waals surface area contributed by atoms with Crippen LogP contribution in [-0.4, -0.2) is 34.4 Å². The average molecular weight is 389 g/mol. The molecule has 0 saturated carbocycles. The largest absolute Gasteiger partial charge is 0.496 e. The summed E-state index contributed by atoms with van der Waals surface area (Å²) in [6.07, 6.45) is 4.50. The third-order valence-electron chi connectivity index (χ3n) is 5.04. The molecule has 4 rings (SSSR count). The van der Waals surface area contributed by atoms with Gasteiger partial charge in [0.15, 0.2) is 0 Å².